The van der Waals surface area contributed by atoms with Gasteiger partial charge in [0, 0.05) is 11.3 Å². The number of fused-ring (bicyclic) bond motifs is 1. The molecule has 0 aliphatic rings. The molecule has 6 heteroatoms. The van der Waals surface area contributed by atoms with Gasteiger partial charge in [0.25, 0.3) is 0 Å². The van der Waals surface area contributed by atoms with Crippen molar-refractivity contribution < 1.29 is 18.3 Å². The summed E-state index contributed by atoms with van der Waals surface area (Å²) in [6, 6.07) is 14.2. The molecule has 4 nitrogen and oxygen atoms in total. The Labute approximate surface area is 163 Å². The lowest BCUT2D eigenvalue weighted by atomic mass is 9.90. The molecule has 27 heavy (non-hydrogen) atoms. The van der Waals surface area contributed by atoms with Crippen molar-refractivity contribution in [3.05, 3.63) is 75.8 Å². The highest BCUT2D eigenvalue weighted by Crippen LogP contribution is 2.30. The molecule has 0 spiro atoms. The number of halogens is 1. The maximum absolute atomic E-state index is 11.6. The van der Waals surface area contributed by atoms with E-state index < -0.39 is 15.8 Å². The number of carbonyl (C=O) groups is 1. The molecule has 0 saturated carbocycles. The second-order valence-electron chi connectivity index (χ2n) is 6.67. The van der Waals surface area contributed by atoms with Crippen molar-refractivity contribution in [3.8, 4) is 0 Å². The van der Waals surface area contributed by atoms with Gasteiger partial charge in [-0.05, 0) is 70.6 Å². The minimum Gasteiger partial charge on any atom is -0.481 e. The van der Waals surface area contributed by atoms with Crippen LogP contribution in [0.2, 0.25) is 5.02 Å². The number of rotatable bonds is 5. The zero-order valence-electron chi connectivity index (χ0n) is 15.0. The fraction of sp³-hybridized carbons (Fsp3) is 0.190. The second kappa shape index (κ2) is 7.33. The number of carboxylic acids is 1. The molecule has 0 aliphatic carbocycles. The maximum atomic E-state index is 11.6. The molecular formula is C21H19ClO4S. The Morgan fingerprint density at radius 3 is 2.33 bits per heavy atom. The van der Waals surface area contributed by atoms with Crippen LogP contribution in [0.4, 0.5) is 0 Å². The van der Waals surface area contributed by atoms with Crippen LogP contribution >= 0.6 is 11.6 Å². The van der Waals surface area contributed by atoms with E-state index in [2.05, 4.69) is 0 Å². The Kier molecular flexibility index (Phi) is 5.27. The van der Waals surface area contributed by atoms with Gasteiger partial charge in [0.05, 0.1) is 11.3 Å². The summed E-state index contributed by atoms with van der Waals surface area (Å²) in [6.07, 6.45) is 1.68. The third-order valence-corrected chi connectivity index (χ3v) is 6.04. The number of aliphatic carboxylic acids is 1. The zero-order valence-corrected chi connectivity index (χ0v) is 16.6. The van der Waals surface area contributed by atoms with Gasteiger partial charge < -0.3 is 5.11 Å². The van der Waals surface area contributed by atoms with Crippen LogP contribution in [0.25, 0.3) is 10.8 Å². The molecule has 140 valence electrons. The van der Waals surface area contributed by atoms with Crippen LogP contribution in [0.1, 0.15) is 22.3 Å². The van der Waals surface area contributed by atoms with E-state index in [1.807, 2.05) is 25.1 Å². The maximum Gasteiger partial charge on any atom is 0.307 e. The van der Waals surface area contributed by atoms with E-state index in [-0.39, 0.29) is 11.3 Å². The van der Waals surface area contributed by atoms with Crippen LogP contribution in [-0.4, -0.2) is 25.7 Å². The molecule has 0 atom stereocenters. The summed E-state index contributed by atoms with van der Waals surface area (Å²) >= 11 is 6.18. The second-order valence-corrected chi connectivity index (χ2v) is 9.12. The number of sulfone groups is 1. The molecule has 0 amide bonds. The van der Waals surface area contributed by atoms with Crippen LogP contribution in [-0.2, 0) is 27.5 Å². The topological polar surface area (TPSA) is 71.4 Å². The van der Waals surface area contributed by atoms with Gasteiger partial charge in [0.15, 0.2) is 9.84 Å². The lowest BCUT2D eigenvalue weighted by Gasteiger charge is -2.15. The highest BCUT2D eigenvalue weighted by Gasteiger charge is 2.14. The number of hydrogen-bond acceptors (Lipinski definition) is 3. The van der Waals surface area contributed by atoms with E-state index in [9.17, 15) is 18.3 Å². The van der Waals surface area contributed by atoms with E-state index in [4.69, 9.17) is 11.6 Å². The Balaban J connectivity index is 2.12. The first-order valence-corrected chi connectivity index (χ1v) is 10.6. The van der Waals surface area contributed by atoms with Crippen LogP contribution < -0.4 is 0 Å². The van der Waals surface area contributed by atoms with Crippen molar-refractivity contribution in [1.82, 2.24) is 0 Å². The summed E-state index contributed by atoms with van der Waals surface area (Å²) in [6.45, 7) is 1.92. The molecule has 3 aromatic rings. The summed E-state index contributed by atoms with van der Waals surface area (Å²) in [5, 5.41) is 11.7. The summed E-state index contributed by atoms with van der Waals surface area (Å²) in [5.74, 6) is -0.880. The fourth-order valence-electron chi connectivity index (χ4n) is 3.24. The Hall–Kier alpha value is -2.37. The molecule has 0 aliphatic heterocycles. The van der Waals surface area contributed by atoms with Crippen LogP contribution in [0.5, 0.6) is 0 Å². The highest BCUT2D eigenvalue weighted by atomic mass is 35.5. The lowest BCUT2D eigenvalue weighted by molar-refractivity contribution is -0.136. The van der Waals surface area contributed by atoms with Crippen molar-refractivity contribution in [2.24, 2.45) is 0 Å². The van der Waals surface area contributed by atoms with Gasteiger partial charge in [0.1, 0.15) is 0 Å². The molecule has 3 rings (SSSR count). The van der Waals surface area contributed by atoms with E-state index in [0.717, 1.165) is 33.0 Å². The molecule has 0 unspecified atom stereocenters. The average Bonchev–Trinajstić information content (AvgIpc) is 2.58. The fourth-order valence-corrected chi connectivity index (χ4v) is 4.04. The SMILES string of the molecule is Cc1c(CC(=O)O)cc2ccc(Cl)cc2c1Cc1ccc(S(C)(=O)=O)cc1. The molecule has 3 aromatic carbocycles. The summed E-state index contributed by atoms with van der Waals surface area (Å²) < 4.78 is 23.3. The largest absolute Gasteiger partial charge is 0.481 e. The molecule has 0 heterocycles. The van der Waals surface area contributed by atoms with Crippen LogP contribution in [0.3, 0.4) is 0 Å². The predicted octanol–water partition coefficient (Wildman–Crippen LogP) is 4.42. The van der Waals surface area contributed by atoms with E-state index in [0.29, 0.717) is 11.4 Å². The normalized spacial score (nSPS) is 11.7. The zero-order chi connectivity index (χ0) is 19.8. The van der Waals surface area contributed by atoms with Crippen molar-refractivity contribution >= 4 is 38.2 Å². The number of carboxylic acid groups (broad SMARTS) is 1. The molecule has 1 N–H and O–H groups in total. The van der Waals surface area contributed by atoms with Gasteiger partial charge in [-0.3, -0.25) is 4.79 Å². The first-order valence-electron chi connectivity index (χ1n) is 8.36. The van der Waals surface area contributed by atoms with E-state index in [1.165, 1.54) is 6.26 Å². The minimum atomic E-state index is -3.24. The smallest absolute Gasteiger partial charge is 0.307 e. The van der Waals surface area contributed by atoms with Gasteiger partial charge in [0.2, 0.25) is 0 Å². The van der Waals surface area contributed by atoms with Crippen molar-refractivity contribution in [2.45, 2.75) is 24.7 Å². The van der Waals surface area contributed by atoms with Gasteiger partial charge in [-0.2, -0.15) is 0 Å². The van der Waals surface area contributed by atoms with Crippen LogP contribution in [0, 0.1) is 6.92 Å². The van der Waals surface area contributed by atoms with E-state index in [1.54, 1.807) is 30.3 Å². The molecule has 0 saturated heterocycles. The third-order valence-electron chi connectivity index (χ3n) is 4.68. The van der Waals surface area contributed by atoms with Crippen molar-refractivity contribution in [2.75, 3.05) is 6.26 Å². The van der Waals surface area contributed by atoms with E-state index >= 15 is 0 Å². The first-order chi connectivity index (χ1) is 12.6. The monoisotopic (exact) mass is 402 g/mol. The Bertz CT molecular complexity index is 1130. The third kappa shape index (κ3) is 4.31. The molecule has 0 radical (unpaired) electrons. The van der Waals surface area contributed by atoms with Crippen molar-refractivity contribution in [3.63, 3.8) is 0 Å². The van der Waals surface area contributed by atoms with Gasteiger partial charge in [-0.15, -0.1) is 0 Å². The first kappa shape index (κ1) is 19.4. The molecular weight excluding hydrogens is 384 g/mol. The Morgan fingerprint density at radius 2 is 1.74 bits per heavy atom. The standard InChI is InChI=1S/C21H19ClO4S/c1-13-16(11-21(23)24)10-15-5-6-17(22)12-20(15)19(13)9-14-3-7-18(8-4-14)27(2,25)26/h3-8,10,12H,9,11H2,1-2H3,(H,23,24). The van der Waals surface area contributed by atoms with Crippen LogP contribution in [0.15, 0.2) is 53.4 Å². The summed E-state index contributed by atoms with van der Waals surface area (Å²) in [7, 11) is -3.24. The number of benzene rings is 3. The average molecular weight is 403 g/mol. The summed E-state index contributed by atoms with van der Waals surface area (Å²) in [5.41, 5.74) is 3.62. The lowest BCUT2D eigenvalue weighted by Crippen LogP contribution is -2.05. The van der Waals surface area contributed by atoms with Crippen molar-refractivity contribution in [1.29, 1.82) is 0 Å². The molecule has 0 bridgehead atoms. The predicted molar refractivity (Wildman–Crippen MR) is 107 cm³/mol. The number of hydrogen-bond donors (Lipinski definition) is 1. The molecule has 0 aromatic heterocycles. The summed E-state index contributed by atoms with van der Waals surface area (Å²) in [4.78, 5) is 11.5. The molecule has 0 fully saturated rings. The van der Waals surface area contributed by atoms with Gasteiger partial charge >= 0.3 is 5.97 Å². The Morgan fingerprint density at radius 1 is 1.07 bits per heavy atom. The minimum absolute atomic E-state index is 0.0512. The highest BCUT2D eigenvalue weighted by molar-refractivity contribution is 7.90. The van der Waals surface area contributed by atoms with Gasteiger partial charge in [-0.25, -0.2) is 8.42 Å². The van der Waals surface area contributed by atoms with Gasteiger partial charge in [-0.1, -0.05) is 35.9 Å². The quantitative estimate of drug-likeness (QED) is 0.685.